The Balaban J connectivity index is 2.13. The summed E-state index contributed by atoms with van der Waals surface area (Å²) < 4.78 is 5.61. The van der Waals surface area contributed by atoms with Gasteiger partial charge in [0.05, 0.1) is 13.0 Å². The van der Waals surface area contributed by atoms with Gasteiger partial charge in [-0.15, -0.1) is 0 Å². The van der Waals surface area contributed by atoms with Gasteiger partial charge in [-0.1, -0.05) is 25.5 Å². The fourth-order valence-corrected chi connectivity index (χ4v) is 1.82. The zero-order chi connectivity index (χ0) is 14.6. The molecule has 0 aliphatic carbocycles. The largest absolute Gasteiger partial charge is 0.494 e. The van der Waals surface area contributed by atoms with Gasteiger partial charge in [-0.2, -0.15) is 0 Å². The molecule has 0 spiro atoms. The molecule has 1 aromatic carbocycles. The first-order valence-electron chi connectivity index (χ1n) is 7.36. The van der Waals surface area contributed by atoms with Gasteiger partial charge in [0.15, 0.2) is 0 Å². The van der Waals surface area contributed by atoms with Crippen LogP contribution in [0.3, 0.4) is 0 Å². The summed E-state index contributed by atoms with van der Waals surface area (Å²) in [6.45, 7) is 4.32. The first-order valence-corrected chi connectivity index (χ1v) is 7.36. The van der Waals surface area contributed by atoms with Crippen molar-refractivity contribution < 1.29 is 14.6 Å². The lowest BCUT2D eigenvalue weighted by Gasteiger charge is -2.07. The van der Waals surface area contributed by atoms with Crippen molar-refractivity contribution >= 4 is 5.97 Å². The normalized spacial score (nSPS) is 10.4. The summed E-state index contributed by atoms with van der Waals surface area (Å²) in [5, 5.41) is 11.6. The van der Waals surface area contributed by atoms with Crippen molar-refractivity contribution in [1.82, 2.24) is 5.32 Å². The minimum absolute atomic E-state index is 0.184. The zero-order valence-electron chi connectivity index (χ0n) is 12.2. The second-order valence-corrected chi connectivity index (χ2v) is 4.84. The highest BCUT2D eigenvalue weighted by Gasteiger charge is 1.98. The highest BCUT2D eigenvalue weighted by atomic mass is 16.5. The Labute approximate surface area is 121 Å². The second-order valence-electron chi connectivity index (χ2n) is 4.84. The van der Waals surface area contributed by atoms with E-state index in [1.165, 1.54) is 5.56 Å². The van der Waals surface area contributed by atoms with Crippen LogP contribution in [-0.4, -0.2) is 30.8 Å². The van der Waals surface area contributed by atoms with Gasteiger partial charge in [-0.25, -0.2) is 0 Å². The van der Waals surface area contributed by atoms with E-state index >= 15 is 0 Å². The van der Waals surface area contributed by atoms with Gasteiger partial charge in [0.1, 0.15) is 5.75 Å². The third-order valence-electron chi connectivity index (χ3n) is 3.02. The Kier molecular flexibility index (Phi) is 8.47. The van der Waals surface area contributed by atoms with E-state index in [1.54, 1.807) is 0 Å². The van der Waals surface area contributed by atoms with Gasteiger partial charge in [0.2, 0.25) is 0 Å². The Morgan fingerprint density at radius 2 is 1.95 bits per heavy atom. The molecule has 20 heavy (non-hydrogen) atoms. The Morgan fingerprint density at radius 1 is 1.20 bits per heavy atom. The molecule has 0 radical (unpaired) electrons. The Morgan fingerprint density at radius 3 is 2.60 bits per heavy atom. The van der Waals surface area contributed by atoms with Crippen LogP contribution >= 0.6 is 0 Å². The van der Waals surface area contributed by atoms with Crippen LogP contribution in [0.5, 0.6) is 5.75 Å². The number of benzene rings is 1. The fourth-order valence-electron chi connectivity index (χ4n) is 1.82. The molecular formula is C16H25NO3. The van der Waals surface area contributed by atoms with E-state index in [1.807, 2.05) is 12.1 Å². The van der Waals surface area contributed by atoms with Crippen molar-refractivity contribution in [2.75, 3.05) is 19.7 Å². The van der Waals surface area contributed by atoms with Crippen molar-refractivity contribution in [2.24, 2.45) is 0 Å². The van der Waals surface area contributed by atoms with Crippen LogP contribution in [0.4, 0.5) is 0 Å². The van der Waals surface area contributed by atoms with E-state index in [2.05, 4.69) is 24.4 Å². The zero-order valence-corrected chi connectivity index (χ0v) is 12.2. The number of rotatable bonds is 11. The van der Waals surface area contributed by atoms with Crippen molar-refractivity contribution in [3.05, 3.63) is 29.8 Å². The van der Waals surface area contributed by atoms with Crippen LogP contribution in [0.15, 0.2) is 24.3 Å². The fraction of sp³-hybridized carbons (Fsp3) is 0.562. The molecule has 0 fully saturated rings. The van der Waals surface area contributed by atoms with Gasteiger partial charge in [0.25, 0.3) is 0 Å². The number of carboxylic acids is 1. The summed E-state index contributed by atoms with van der Waals surface area (Å²) in [4.78, 5) is 10.3. The third-order valence-corrected chi connectivity index (χ3v) is 3.02. The molecule has 0 atom stereocenters. The van der Waals surface area contributed by atoms with Crippen LogP contribution in [-0.2, 0) is 11.2 Å². The first kappa shape index (κ1) is 16.5. The lowest BCUT2D eigenvalue weighted by atomic mass is 10.1. The van der Waals surface area contributed by atoms with Crippen molar-refractivity contribution in [2.45, 2.75) is 39.0 Å². The van der Waals surface area contributed by atoms with E-state index in [-0.39, 0.29) is 6.42 Å². The number of hydrogen-bond donors (Lipinski definition) is 2. The molecule has 0 heterocycles. The van der Waals surface area contributed by atoms with Gasteiger partial charge in [-0.3, -0.25) is 4.79 Å². The molecule has 0 aliphatic rings. The topological polar surface area (TPSA) is 58.6 Å². The predicted molar refractivity (Wildman–Crippen MR) is 80.3 cm³/mol. The van der Waals surface area contributed by atoms with Crippen LogP contribution in [0.25, 0.3) is 0 Å². The molecule has 1 rings (SSSR count). The summed E-state index contributed by atoms with van der Waals surface area (Å²) in [5.41, 5.74) is 1.29. The van der Waals surface area contributed by atoms with E-state index in [0.29, 0.717) is 6.54 Å². The molecule has 4 nitrogen and oxygen atoms in total. The van der Waals surface area contributed by atoms with Gasteiger partial charge in [-0.05, 0) is 43.5 Å². The number of carbonyl (C=O) groups is 1. The number of hydrogen-bond acceptors (Lipinski definition) is 3. The molecular weight excluding hydrogens is 254 g/mol. The maximum absolute atomic E-state index is 10.3. The highest BCUT2D eigenvalue weighted by Crippen LogP contribution is 2.13. The van der Waals surface area contributed by atoms with Crippen LogP contribution in [0.2, 0.25) is 0 Å². The van der Waals surface area contributed by atoms with Gasteiger partial charge >= 0.3 is 5.97 Å². The molecule has 0 aliphatic heterocycles. The van der Waals surface area contributed by atoms with E-state index in [0.717, 1.165) is 44.6 Å². The van der Waals surface area contributed by atoms with E-state index in [9.17, 15) is 4.79 Å². The van der Waals surface area contributed by atoms with E-state index < -0.39 is 5.97 Å². The molecule has 0 bridgehead atoms. The molecule has 0 unspecified atom stereocenters. The average Bonchev–Trinajstić information content (AvgIpc) is 2.44. The van der Waals surface area contributed by atoms with Gasteiger partial charge < -0.3 is 15.2 Å². The molecule has 0 saturated carbocycles. The Hall–Kier alpha value is -1.55. The minimum Gasteiger partial charge on any atom is -0.494 e. The lowest BCUT2D eigenvalue weighted by molar-refractivity contribution is -0.136. The van der Waals surface area contributed by atoms with Crippen molar-refractivity contribution in [3.8, 4) is 5.75 Å². The number of unbranched alkanes of at least 4 members (excludes halogenated alkanes) is 1. The lowest BCUT2D eigenvalue weighted by Crippen LogP contribution is -2.19. The molecule has 0 amide bonds. The molecule has 112 valence electrons. The molecule has 2 N–H and O–H groups in total. The smallest absolute Gasteiger partial charge is 0.304 e. The van der Waals surface area contributed by atoms with Gasteiger partial charge in [0, 0.05) is 6.54 Å². The average molecular weight is 279 g/mol. The first-order chi connectivity index (χ1) is 9.72. The van der Waals surface area contributed by atoms with E-state index in [4.69, 9.17) is 9.84 Å². The summed E-state index contributed by atoms with van der Waals surface area (Å²) in [6.07, 6.45) is 4.42. The monoisotopic (exact) mass is 279 g/mol. The van der Waals surface area contributed by atoms with Crippen molar-refractivity contribution in [1.29, 1.82) is 0 Å². The minimum atomic E-state index is -0.754. The molecule has 1 aromatic rings. The third kappa shape index (κ3) is 7.79. The Bertz CT molecular complexity index is 376. The van der Waals surface area contributed by atoms with Crippen molar-refractivity contribution in [3.63, 3.8) is 0 Å². The predicted octanol–water partition coefficient (Wildman–Crippen LogP) is 2.86. The standard InChI is InChI=1S/C16H25NO3/c1-2-3-13-20-15-8-6-14(7-9-15)5-4-11-17-12-10-16(18)19/h6-9,17H,2-5,10-13H2,1H3,(H,18,19). The number of aryl methyl sites for hydroxylation is 1. The molecule has 0 saturated heterocycles. The quantitative estimate of drug-likeness (QED) is 0.612. The number of carboxylic acid groups (broad SMARTS) is 1. The maximum atomic E-state index is 10.3. The molecule has 4 heteroatoms. The summed E-state index contributed by atoms with van der Waals surface area (Å²) in [7, 11) is 0. The van der Waals surface area contributed by atoms with Crippen LogP contribution in [0.1, 0.15) is 38.2 Å². The number of aliphatic carboxylic acids is 1. The summed E-state index contributed by atoms with van der Waals surface area (Å²) in [5.74, 6) is 0.179. The summed E-state index contributed by atoms with van der Waals surface area (Å²) >= 11 is 0. The van der Waals surface area contributed by atoms with Crippen LogP contribution in [0, 0.1) is 0 Å². The molecule has 0 aromatic heterocycles. The maximum Gasteiger partial charge on any atom is 0.304 e. The number of nitrogens with one attached hydrogen (secondary N) is 1. The second kappa shape index (κ2) is 10.3. The van der Waals surface area contributed by atoms with Crippen LogP contribution < -0.4 is 10.1 Å². The SMILES string of the molecule is CCCCOc1ccc(CCCNCCC(=O)O)cc1. The number of ether oxygens (including phenoxy) is 1. The summed E-state index contributed by atoms with van der Waals surface area (Å²) in [6, 6.07) is 8.22. The highest BCUT2D eigenvalue weighted by molar-refractivity contribution is 5.66.